The molecule has 0 atom stereocenters. The molecule has 2 aromatic carbocycles. The molecule has 31 heavy (non-hydrogen) atoms. The van der Waals surface area contributed by atoms with Gasteiger partial charge in [-0.1, -0.05) is 36.4 Å². The molecule has 4 aromatic rings. The van der Waals surface area contributed by atoms with Crippen molar-refractivity contribution in [2.45, 2.75) is 19.4 Å². The van der Waals surface area contributed by atoms with Gasteiger partial charge in [0, 0.05) is 30.1 Å². The number of nitrogens with zero attached hydrogens (tertiary/aromatic N) is 2. The van der Waals surface area contributed by atoms with Gasteiger partial charge in [-0.25, -0.2) is 8.78 Å². The lowest BCUT2D eigenvalue weighted by Gasteiger charge is -2.23. The van der Waals surface area contributed by atoms with E-state index in [1.165, 1.54) is 11.0 Å². The molecule has 4 nitrogen and oxygen atoms in total. The van der Waals surface area contributed by atoms with Crippen LogP contribution in [-0.2, 0) is 17.8 Å². The second kappa shape index (κ2) is 9.34. The van der Waals surface area contributed by atoms with Gasteiger partial charge in [-0.05, 0) is 48.4 Å². The molecule has 0 saturated carbocycles. The number of hydrogen-bond acceptors (Lipinski definition) is 2. The second-order valence-corrected chi connectivity index (χ2v) is 7.16. The maximum Gasteiger partial charge on any atom is 0.227 e. The third kappa shape index (κ3) is 5.04. The Bertz CT molecular complexity index is 1160. The second-order valence-electron chi connectivity index (χ2n) is 7.16. The van der Waals surface area contributed by atoms with E-state index < -0.39 is 11.6 Å². The van der Waals surface area contributed by atoms with Crippen molar-refractivity contribution in [3.63, 3.8) is 0 Å². The third-order valence-electron chi connectivity index (χ3n) is 4.99. The van der Waals surface area contributed by atoms with E-state index in [-0.39, 0.29) is 24.6 Å². The van der Waals surface area contributed by atoms with Crippen molar-refractivity contribution in [2.24, 2.45) is 0 Å². The van der Waals surface area contributed by atoms with Crippen molar-refractivity contribution in [1.82, 2.24) is 9.97 Å². The van der Waals surface area contributed by atoms with Crippen LogP contribution in [0.2, 0.25) is 0 Å². The maximum atomic E-state index is 14.5. The number of anilines is 1. The SMILES string of the molecule is O=C(CCc1ccc(-c2ccccc2)[nH]1)N(Cc1ccccn1)c1ccc(F)cc1F. The van der Waals surface area contributed by atoms with Gasteiger partial charge in [0.05, 0.1) is 17.9 Å². The summed E-state index contributed by atoms with van der Waals surface area (Å²) >= 11 is 0. The van der Waals surface area contributed by atoms with Crippen LogP contribution in [-0.4, -0.2) is 15.9 Å². The van der Waals surface area contributed by atoms with Crippen molar-refractivity contribution < 1.29 is 13.6 Å². The van der Waals surface area contributed by atoms with Crippen molar-refractivity contribution in [3.05, 3.63) is 108 Å². The first-order valence-corrected chi connectivity index (χ1v) is 9.99. The van der Waals surface area contributed by atoms with Crippen LogP contribution >= 0.6 is 0 Å². The summed E-state index contributed by atoms with van der Waals surface area (Å²) in [6.45, 7) is 0.0994. The molecular weight excluding hydrogens is 396 g/mol. The molecule has 0 radical (unpaired) electrons. The van der Waals surface area contributed by atoms with Gasteiger partial charge in [0.15, 0.2) is 0 Å². The number of aromatic nitrogens is 2. The Kier molecular flexibility index (Phi) is 6.17. The van der Waals surface area contributed by atoms with Crippen LogP contribution in [0.25, 0.3) is 11.3 Å². The molecule has 2 aromatic heterocycles. The highest BCUT2D eigenvalue weighted by Crippen LogP contribution is 2.24. The van der Waals surface area contributed by atoms with E-state index in [2.05, 4.69) is 9.97 Å². The number of aromatic amines is 1. The number of aryl methyl sites for hydroxylation is 1. The summed E-state index contributed by atoms with van der Waals surface area (Å²) in [5, 5.41) is 0. The fourth-order valence-electron chi connectivity index (χ4n) is 3.41. The monoisotopic (exact) mass is 417 g/mol. The molecule has 0 unspecified atom stereocenters. The zero-order valence-corrected chi connectivity index (χ0v) is 16.8. The van der Waals surface area contributed by atoms with Gasteiger partial charge >= 0.3 is 0 Å². The molecule has 6 heteroatoms. The fraction of sp³-hybridized carbons (Fsp3) is 0.120. The first kappa shape index (κ1) is 20.5. The predicted molar refractivity (Wildman–Crippen MR) is 116 cm³/mol. The van der Waals surface area contributed by atoms with Crippen LogP contribution in [0.3, 0.4) is 0 Å². The smallest absolute Gasteiger partial charge is 0.227 e. The minimum Gasteiger partial charge on any atom is -0.358 e. The number of benzene rings is 2. The molecule has 0 aliphatic heterocycles. The number of amides is 1. The number of carbonyl (C=O) groups excluding carboxylic acids is 1. The number of hydrogen-bond donors (Lipinski definition) is 1. The van der Waals surface area contributed by atoms with E-state index in [4.69, 9.17) is 0 Å². The van der Waals surface area contributed by atoms with E-state index in [1.54, 1.807) is 24.4 Å². The minimum absolute atomic E-state index is 0.0357. The summed E-state index contributed by atoms with van der Waals surface area (Å²) < 4.78 is 27.8. The van der Waals surface area contributed by atoms with Crippen molar-refractivity contribution in [3.8, 4) is 11.3 Å². The van der Waals surface area contributed by atoms with Gasteiger partial charge in [0.1, 0.15) is 11.6 Å². The largest absolute Gasteiger partial charge is 0.358 e. The molecule has 0 aliphatic carbocycles. The normalized spacial score (nSPS) is 10.8. The third-order valence-corrected chi connectivity index (χ3v) is 4.99. The van der Waals surface area contributed by atoms with Gasteiger partial charge in [-0.3, -0.25) is 9.78 Å². The predicted octanol–water partition coefficient (Wildman–Crippen LogP) is 5.52. The molecular formula is C25H21F2N3O. The summed E-state index contributed by atoms with van der Waals surface area (Å²) in [6.07, 6.45) is 2.24. The fourth-order valence-corrected chi connectivity index (χ4v) is 3.41. The summed E-state index contributed by atoms with van der Waals surface area (Å²) in [6, 6.07) is 22.4. The van der Waals surface area contributed by atoms with Crippen LogP contribution in [0.1, 0.15) is 17.8 Å². The van der Waals surface area contributed by atoms with Crippen LogP contribution in [0.15, 0.2) is 85.1 Å². The summed E-state index contributed by atoms with van der Waals surface area (Å²) in [5.74, 6) is -1.74. The standard InChI is InChI=1S/C25H21F2N3O/c26-19-9-13-24(22(27)16-19)30(17-21-8-4-5-15-28-21)25(31)14-11-20-10-12-23(29-20)18-6-2-1-3-7-18/h1-10,12-13,15-16,29H,11,14,17H2. The Labute approximate surface area is 179 Å². The topological polar surface area (TPSA) is 49.0 Å². The molecule has 0 saturated heterocycles. The quantitative estimate of drug-likeness (QED) is 0.430. The van der Waals surface area contributed by atoms with Crippen molar-refractivity contribution in [2.75, 3.05) is 4.90 Å². The van der Waals surface area contributed by atoms with E-state index in [0.29, 0.717) is 12.1 Å². The highest BCUT2D eigenvalue weighted by Gasteiger charge is 2.20. The first-order chi connectivity index (χ1) is 15.1. The molecule has 0 bridgehead atoms. The lowest BCUT2D eigenvalue weighted by Crippen LogP contribution is -2.31. The molecule has 2 heterocycles. The number of carbonyl (C=O) groups is 1. The number of pyridine rings is 1. The Morgan fingerprint density at radius 1 is 0.935 bits per heavy atom. The Morgan fingerprint density at radius 3 is 2.48 bits per heavy atom. The first-order valence-electron chi connectivity index (χ1n) is 9.99. The lowest BCUT2D eigenvalue weighted by atomic mass is 10.2. The Hall–Kier alpha value is -3.80. The highest BCUT2D eigenvalue weighted by molar-refractivity contribution is 5.93. The van der Waals surface area contributed by atoms with Crippen LogP contribution < -0.4 is 4.90 Å². The average Bonchev–Trinajstić information content (AvgIpc) is 3.27. The zero-order valence-electron chi connectivity index (χ0n) is 16.8. The Balaban J connectivity index is 1.51. The summed E-state index contributed by atoms with van der Waals surface area (Å²) in [7, 11) is 0. The van der Waals surface area contributed by atoms with Crippen LogP contribution in [0.5, 0.6) is 0 Å². The molecule has 0 aliphatic rings. The van der Waals surface area contributed by atoms with Crippen molar-refractivity contribution >= 4 is 11.6 Å². The molecule has 0 spiro atoms. The van der Waals surface area contributed by atoms with E-state index in [9.17, 15) is 13.6 Å². The maximum absolute atomic E-state index is 14.5. The molecule has 4 rings (SSSR count). The number of halogens is 2. The van der Waals surface area contributed by atoms with Gasteiger partial charge < -0.3 is 9.88 Å². The molecule has 1 N–H and O–H groups in total. The number of nitrogens with one attached hydrogen (secondary N) is 1. The highest BCUT2D eigenvalue weighted by atomic mass is 19.1. The average molecular weight is 417 g/mol. The Morgan fingerprint density at radius 2 is 1.74 bits per heavy atom. The van der Waals surface area contributed by atoms with Crippen LogP contribution in [0, 0.1) is 11.6 Å². The molecule has 1 amide bonds. The van der Waals surface area contributed by atoms with Gasteiger partial charge in [-0.2, -0.15) is 0 Å². The van der Waals surface area contributed by atoms with Gasteiger partial charge in [-0.15, -0.1) is 0 Å². The van der Waals surface area contributed by atoms with Gasteiger partial charge in [0.2, 0.25) is 5.91 Å². The van der Waals surface area contributed by atoms with E-state index >= 15 is 0 Å². The van der Waals surface area contributed by atoms with Crippen LogP contribution in [0.4, 0.5) is 14.5 Å². The summed E-state index contributed by atoms with van der Waals surface area (Å²) in [4.78, 5) is 21.9. The van der Waals surface area contributed by atoms with E-state index in [0.717, 1.165) is 29.1 Å². The zero-order chi connectivity index (χ0) is 21.6. The summed E-state index contributed by atoms with van der Waals surface area (Å²) in [5.41, 5.74) is 3.59. The lowest BCUT2D eigenvalue weighted by molar-refractivity contribution is -0.118. The molecule has 0 fully saturated rings. The number of H-pyrrole nitrogens is 1. The minimum atomic E-state index is -0.782. The number of rotatable bonds is 7. The molecule has 156 valence electrons. The van der Waals surface area contributed by atoms with Crippen molar-refractivity contribution in [1.29, 1.82) is 0 Å². The van der Waals surface area contributed by atoms with Gasteiger partial charge in [0.25, 0.3) is 0 Å². The van der Waals surface area contributed by atoms with E-state index in [1.807, 2.05) is 42.5 Å².